The Morgan fingerprint density at radius 1 is 1.06 bits per heavy atom. The lowest BCUT2D eigenvalue weighted by Gasteiger charge is -2.32. The maximum absolute atomic E-state index is 14.1. The second-order valence-corrected chi connectivity index (χ2v) is 8.40. The first-order valence-corrected chi connectivity index (χ1v) is 10.1. The number of benzene rings is 2. The molecule has 0 aliphatic carbocycles. The van der Waals surface area contributed by atoms with Crippen molar-refractivity contribution >= 4 is 23.3 Å². The van der Waals surface area contributed by atoms with Gasteiger partial charge < -0.3 is 10.2 Å². The molecule has 1 atom stereocenters. The molecular weight excluding hydrogens is 402 g/mol. The number of carbonyl (C=O) groups is 2. The molecule has 0 unspecified atom stereocenters. The summed E-state index contributed by atoms with van der Waals surface area (Å²) in [4.78, 5) is 28.2. The summed E-state index contributed by atoms with van der Waals surface area (Å²) in [5.74, 6) is -0.939. The first kappa shape index (κ1) is 19.4. The molecule has 158 valence electrons. The number of anilines is 2. The first-order chi connectivity index (χ1) is 14.8. The van der Waals surface area contributed by atoms with E-state index < -0.39 is 17.0 Å². The predicted octanol–water partition coefficient (Wildman–Crippen LogP) is 3.78. The molecule has 2 aliphatic rings. The topological polar surface area (TPSA) is 67.2 Å². The van der Waals surface area contributed by atoms with Crippen molar-refractivity contribution in [1.29, 1.82) is 0 Å². The molecule has 2 aromatic carbocycles. The lowest BCUT2D eigenvalue weighted by atomic mass is 9.72. The van der Waals surface area contributed by atoms with E-state index in [1.54, 1.807) is 29.3 Å². The number of halogens is 2. The lowest BCUT2D eigenvalue weighted by molar-refractivity contribution is -0.126. The van der Waals surface area contributed by atoms with Crippen molar-refractivity contribution < 1.29 is 18.4 Å². The van der Waals surface area contributed by atoms with E-state index in [0.717, 1.165) is 0 Å². The Hall–Kier alpha value is -3.55. The second kappa shape index (κ2) is 6.73. The zero-order chi connectivity index (χ0) is 21.9. The molecule has 8 heteroatoms. The average molecular weight is 422 g/mol. The molecule has 2 aliphatic heterocycles. The number of hydrogen-bond donors (Lipinski definition) is 1. The molecule has 1 N–H and O–H groups in total. The largest absolute Gasteiger partial charge is 0.311 e. The fourth-order valence-corrected chi connectivity index (χ4v) is 4.59. The van der Waals surface area contributed by atoms with Crippen molar-refractivity contribution in [2.24, 2.45) is 5.92 Å². The summed E-state index contributed by atoms with van der Waals surface area (Å²) >= 11 is 0. The number of amides is 2. The Balaban J connectivity index is 1.74. The van der Waals surface area contributed by atoms with Crippen LogP contribution in [0.2, 0.25) is 0 Å². The van der Waals surface area contributed by atoms with Crippen molar-refractivity contribution in [1.82, 2.24) is 9.78 Å². The maximum atomic E-state index is 14.1. The van der Waals surface area contributed by atoms with Gasteiger partial charge in [-0.1, -0.05) is 19.9 Å². The molecule has 0 radical (unpaired) electrons. The number of hydrogen-bond acceptors (Lipinski definition) is 3. The van der Waals surface area contributed by atoms with Crippen LogP contribution in [0.25, 0.3) is 5.69 Å². The number of carbonyl (C=O) groups excluding carboxylic acids is 2. The number of aromatic nitrogens is 2. The Kier molecular flexibility index (Phi) is 4.22. The molecule has 0 bridgehead atoms. The van der Waals surface area contributed by atoms with Crippen molar-refractivity contribution in [2.75, 3.05) is 16.8 Å². The molecule has 1 spiro atoms. The van der Waals surface area contributed by atoms with Gasteiger partial charge in [0.25, 0.3) is 0 Å². The third kappa shape index (κ3) is 2.78. The summed E-state index contributed by atoms with van der Waals surface area (Å²) in [6.07, 6.45) is 1.46. The van der Waals surface area contributed by atoms with Crippen molar-refractivity contribution in [3.05, 3.63) is 71.4 Å². The zero-order valence-electron chi connectivity index (χ0n) is 17.0. The minimum atomic E-state index is -1.28. The fourth-order valence-electron chi connectivity index (χ4n) is 4.59. The Morgan fingerprint density at radius 2 is 1.77 bits per heavy atom. The third-order valence-electron chi connectivity index (χ3n) is 5.85. The van der Waals surface area contributed by atoms with Gasteiger partial charge in [0.2, 0.25) is 11.8 Å². The molecule has 5 rings (SSSR count). The van der Waals surface area contributed by atoms with Gasteiger partial charge in [0.05, 0.1) is 17.6 Å². The van der Waals surface area contributed by atoms with Crippen LogP contribution in [-0.2, 0) is 15.0 Å². The number of fused-ring (bicyclic) bond motifs is 4. The van der Waals surface area contributed by atoms with E-state index in [0.29, 0.717) is 34.9 Å². The van der Waals surface area contributed by atoms with Gasteiger partial charge in [-0.25, -0.2) is 13.5 Å². The molecule has 3 heterocycles. The zero-order valence-corrected chi connectivity index (χ0v) is 17.0. The van der Waals surface area contributed by atoms with Gasteiger partial charge in [-0.05, 0) is 47.9 Å². The summed E-state index contributed by atoms with van der Waals surface area (Å²) in [6.45, 7) is 4.35. The van der Waals surface area contributed by atoms with Crippen LogP contribution in [0.1, 0.15) is 31.4 Å². The second-order valence-electron chi connectivity index (χ2n) is 8.40. The minimum Gasteiger partial charge on any atom is -0.311 e. The van der Waals surface area contributed by atoms with Crippen LogP contribution in [0.4, 0.5) is 20.3 Å². The molecule has 2 amide bonds. The first-order valence-electron chi connectivity index (χ1n) is 10.1. The standard InChI is InChI=1S/C23H20F2N4O2/c1-13(2)12-28-19-9-15(25)5-8-17(19)23(22(28)31)10-20(30)27-21-18(23)11-26-29(21)16-6-3-14(24)4-7-16/h3-9,11,13H,10,12H2,1-2H3,(H,27,30)/t23-/m1/s1. The average Bonchev–Trinajstić information content (AvgIpc) is 3.23. The Morgan fingerprint density at radius 3 is 2.48 bits per heavy atom. The van der Waals surface area contributed by atoms with Crippen molar-refractivity contribution in [2.45, 2.75) is 25.7 Å². The Bertz CT molecular complexity index is 1220. The van der Waals surface area contributed by atoms with Gasteiger partial charge in [0.1, 0.15) is 22.9 Å². The van der Waals surface area contributed by atoms with Gasteiger partial charge in [-0.2, -0.15) is 5.10 Å². The highest BCUT2D eigenvalue weighted by molar-refractivity contribution is 6.15. The quantitative estimate of drug-likeness (QED) is 0.699. The van der Waals surface area contributed by atoms with Crippen LogP contribution in [0.15, 0.2) is 48.7 Å². The van der Waals surface area contributed by atoms with E-state index in [1.165, 1.54) is 28.9 Å². The monoisotopic (exact) mass is 422 g/mol. The van der Waals surface area contributed by atoms with Crippen LogP contribution in [0.5, 0.6) is 0 Å². The molecule has 0 saturated heterocycles. The van der Waals surface area contributed by atoms with Crippen molar-refractivity contribution in [3.8, 4) is 5.69 Å². The van der Waals surface area contributed by atoms with E-state index in [2.05, 4.69) is 10.4 Å². The molecule has 6 nitrogen and oxygen atoms in total. The number of nitrogens with zero attached hydrogens (tertiary/aromatic N) is 3. The third-order valence-corrected chi connectivity index (χ3v) is 5.85. The fraction of sp³-hybridized carbons (Fsp3) is 0.261. The van der Waals surface area contributed by atoms with Gasteiger partial charge in [0.15, 0.2) is 0 Å². The highest BCUT2D eigenvalue weighted by atomic mass is 19.1. The molecule has 3 aromatic rings. The van der Waals surface area contributed by atoms with Crippen LogP contribution >= 0.6 is 0 Å². The summed E-state index contributed by atoms with van der Waals surface area (Å²) in [7, 11) is 0. The molecular formula is C23H20F2N4O2. The molecule has 31 heavy (non-hydrogen) atoms. The van der Waals surface area contributed by atoms with Crippen LogP contribution < -0.4 is 10.2 Å². The van der Waals surface area contributed by atoms with Crippen LogP contribution in [-0.4, -0.2) is 28.1 Å². The number of rotatable bonds is 3. The summed E-state index contributed by atoms with van der Waals surface area (Å²) < 4.78 is 29.0. The van der Waals surface area contributed by atoms with Gasteiger partial charge in [-0.15, -0.1) is 0 Å². The van der Waals surface area contributed by atoms with Crippen LogP contribution in [0.3, 0.4) is 0 Å². The molecule has 0 saturated carbocycles. The van der Waals surface area contributed by atoms with Crippen LogP contribution in [0, 0.1) is 17.6 Å². The summed E-state index contributed by atoms with van der Waals surface area (Å²) in [6, 6.07) is 9.92. The van der Waals surface area contributed by atoms with Crippen molar-refractivity contribution in [3.63, 3.8) is 0 Å². The Labute approximate surface area is 177 Å². The normalized spacial score (nSPS) is 19.7. The summed E-state index contributed by atoms with van der Waals surface area (Å²) in [5.41, 5.74) is 0.876. The highest BCUT2D eigenvalue weighted by Gasteiger charge is 2.57. The van der Waals surface area contributed by atoms with E-state index in [-0.39, 0.29) is 24.2 Å². The SMILES string of the molecule is CC(C)CN1C(=O)[C@]2(CC(=O)Nc3c2cnn3-c2ccc(F)cc2)c2ccc(F)cc21. The van der Waals surface area contributed by atoms with Gasteiger partial charge >= 0.3 is 0 Å². The van der Waals surface area contributed by atoms with E-state index in [9.17, 15) is 18.4 Å². The predicted molar refractivity (Wildman–Crippen MR) is 111 cm³/mol. The van der Waals surface area contributed by atoms with E-state index >= 15 is 0 Å². The molecule has 0 fully saturated rings. The van der Waals surface area contributed by atoms with E-state index in [4.69, 9.17) is 0 Å². The maximum Gasteiger partial charge on any atom is 0.242 e. The minimum absolute atomic E-state index is 0.0961. The highest BCUT2D eigenvalue weighted by Crippen LogP contribution is 2.52. The van der Waals surface area contributed by atoms with E-state index in [1.807, 2.05) is 13.8 Å². The summed E-state index contributed by atoms with van der Waals surface area (Å²) in [5, 5.41) is 7.21. The van der Waals surface area contributed by atoms with Gasteiger partial charge in [0, 0.05) is 18.5 Å². The smallest absolute Gasteiger partial charge is 0.242 e. The molecule has 1 aromatic heterocycles. The van der Waals surface area contributed by atoms with Gasteiger partial charge in [-0.3, -0.25) is 9.59 Å². The number of nitrogens with one attached hydrogen (secondary N) is 1. The lowest BCUT2D eigenvalue weighted by Crippen LogP contribution is -2.47.